The van der Waals surface area contributed by atoms with E-state index < -0.39 is 6.10 Å². The molecule has 17 heavy (non-hydrogen) atoms. The lowest BCUT2D eigenvalue weighted by Crippen LogP contribution is -2.18. The van der Waals surface area contributed by atoms with E-state index in [1.54, 1.807) is 25.2 Å². The predicted octanol–water partition coefficient (Wildman–Crippen LogP) is 1.91. The molecule has 0 aliphatic rings. The first kappa shape index (κ1) is 13.8. The number of hydrogen-bond donors (Lipinski definition) is 2. The van der Waals surface area contributed by atoms with Crippen LogP contribution in [0.5, 0.6) is 5.75 Å². The van der Waals surface area contributed by atoms with E-state index in [2.05, 4.69) is 5.32 Å². The Morgan fingerprint density at radius 2 is 2.29 bits per heavy atom. The van der Waals surface area contributed by atoms with Crippen molar-refractivity contribution in [2.24, 2.45) is 0 Å². The van der Waals surface area contributed by atoms with Gasteiger partial charge in [0.1, 0.15) is 5.75 Å². The molecule has 1 rings (SSSR count). The van der Waals surface area contributed by atoms with Gasteiger partial charge in [-0.3, -0.25) is 4.79 Å². The van der Waals surface area contributed by atoms with Gasteiger partial charge in [0.25, 0.3) is 0 Å². The zero-order valence-corrected chi connectivity index (χ0v) is 10.6. The second-order valence-electron chi connectivity index (χ2n) is 3.62. The van der Waals surface area contributed by atoms with Crippen LogP contribution in [-0.2, 0) is 4.79 Å². The smallest absolute Gasteiger partial charge is 0.219 e. The van der Waals surface area contributed by atoms with Gasteiger partial charge in [-0.05, 0) is 24.1 Å². The molecule has 0 heterocycles. The SMILES string of the molecule is CNC(=O)CCC(O)c1ccc(OC)c(Cl)c1. The number of nitrogens with one attached hydrogen (secondary N) is 1. The van der Waals surface area contributed by atoms with E-state index in [1.165, 1.54) is 7.11 Å². The molecule has 0 saturated carbocycles. The molecule has 1 aromatic carbocycles. The fraction of sp³-hybridized carbons (Fsp3) is 0.417. The van der Waals surface area contributed by atoms with Crippen LogP contribution in [0.1, 0.15) is 24.5 Å². The summed E-state index contributed by atoms with van der Waals surface area (Å²) in [4.78, 5) is 11.0. The Labute approximate surface area is 106 Å². The molecular weight excluding hydrogens is 242 g/mol. The quantitative estimate of drug-likeness (QED) is 0.847. The maximum Gasteiger partial charge on any atom is 0.219 e. The van der Waals surface area contributed by atoms with E-state index in [-0.39, 0.29) is 12.3 Å². The summed E-state index contributed by atoms with van der Waals surface area (Å²) >= 11 is 5.95. The van der Waals surface area contributed by atoms with E-state index >= 15 is 0 Å². The van der Waals surface area contributed by atoms with Crippen molar-refractivity contribution in [3.05, 3.63) is 28.8 Å². The Bertz CT molecular complexity index is 395. The first-order valence-corrected chi connectivity index (χ1v) is 5.68. The summed E-state index contributed by atoms with van der Waals surface area (Å²) in [5.41, 5.74) is 0.680. The van der Waals surface area contributed by atoms with Crippen molar-refractivity contribution in [1.29, 1.82) is 0 Å². The number of carbonyl (C=O) groups excluding carboxylic acids is 1. The highest BCUT2D eigenvalue weighted by atomic mass is 35.5. The Balaban J connectivity index is 2.66. The van der Waals surface area contributed by atoms with Crippen LogP contribution in [0, 0.1) is 0 Å². The van der Waals surface area contributed by atoms with Crippen LogP contribution in [0.25, 0.3) is 0 Å². The number of aliphatic hydroxyl groups excluding tert-OH is 1. The molecule has 0 aromatic heterocycles. The summed E-state index contributed by atoms with van der Waals surface area (Å²) in [6.45, 7) is 0. The number of halogens is 1. The Hall–Kier alpha value is -1.26. The zero-order chi connectivity index (χ0) is 12.8. The summed E-state index contributed by atoms with van der Waals surface area (Å²) < 4.78 is 5.02. The molecule has 0 radical (unpaired) electrons. The van der Waals surface area contributed by atoms with E-state index in [0.717, 1.165) is 0 Å². The van der Waals surface area contributed by atoms with Crippen molar-refractivity contribution in [2.45, 2.75) is 18.9 Å². The molecule has 4 nitrogen and oxygen atoms in total. The lowest BCUT2D eigenvalue weighted by atomic mass is 10.0. The molecule has 0 fully saturated rings. The fourth-order valence-corrected chi connectivity index (χ4v) is 1.72. The van der Waals surface area contributed by atoms with Gasteiger partial charge >= 0.3 is 0 Å². The molecule has 0 spiro atoms. The van der Waals surface area contributed by atoms with Gasteiger partial charge in [0, 0.05) is 13.5 Å². The third-order valence-electron chi connectivity index (χ3n) is 2.48. The molecule has 5 heteroatoms. The van der Waals surface area contributed by atoms with E-state index in [4.69, 9.17) is 16.3 Å². The summed E-state index contributed by atoms with van der Waals surface area (Å²) in [5, 5.41) is 12.8. The number of carbonyl (C=O) groups is 1. The van der Waals surface area contributed by atoms with Crippen LogP contribution in [0.4, 0.5) is 0 Å². The maximum absolute atomic E-state index is 11.0. The molecule has 1 unspecified atom stereocenters. The largest absolute Gasteiger partial charge is 0.495 e. The van der Waals surface area contributed by atoms with Crippen LogP contribution in [0.2, 0.25) is 5.02 Å². The van der Waals surface area contributed by atoms with E-state index in [9.17, 15) is 9.90 Å². The molecule has 0 bridgehead atoms. The van der Waals surface area contributed by atoms with Crippen molar-refractivity contribution in [2.75, 3.05) is 14.2 Å². The third kappa shape index (κ3) is 3.91. The molecule has 0 aliphatic carbocycles. The number of ether oxygens (including phenoxy) is 1. The second-order valence-corrected chi connectivity index (χ2v) is 4.03. The average molecular weight is 258 g/mol. The van der Waals surface area contributed by atoms with Crippen molar-refractivity contribution < 1.29 is 14.6 Å². The molecular formula is C12H16ClNO3. The summed E-state index contributed by atoms with van der Waals surface area (Å²) in [6.07, 6.45) is -0.0559. The molecule has 1 aromatic rings. The first-order valence-electron chi connectivity index (χ1n) is 5.30. The number of hydrogen-bond acceptors (Lipinski definition) is 3. The van der Waals surface area contributed by atoms with Crippen LogP contribution in [-0.4, -0.2) is 25.2 Å². The number of rotatable bonds is 5. The normalized spacial score (nSPS) is 12.0. The lowest BCUT2D eigenvalue weighted by Gasteiger charge is -2.12. The first-order chi connectivity index (χ1) is 8.08. The van der Waals surface area contributed by atoms with Gasteiger partial charge in [0.05, 0.1) is 18.2 Å². The van der Waals surface area contributed by atoms with Gasteiger partial charge in [-0.25, -0.2) is 0 Å². The van der Waals surface area contributed by atoms with Gasteiger partial charge < -0.3 is 15.2 Å². The Kier molecular flexibility index (Phi) is 5.25. The van der Waals surface area contributed by atoms with Crippen LogP contribution < -0.4 is 10.1 Å². The standard InChI is InChI=1S/C12H16ClNO3/c1-14-12(16)6-4-10(15)8-3-5-11(17-2)9(13)7-8/h3,5,7,10,15H,4,6H2,1-2H3,(H,14,16). The van der Waals surface area contributed by atoms with Crippen molar-refractivity contribution in [1.82, 2.24) is 5.32 Å². The average Bonchev–Trinajstić information content (AvgIpc) is 2.35. The Morgan fingerprint density at radius 3 is 2.82 bits per heavy atom. The number of methoxy groups -OCH3 is 1. The van der Waals surface area contributed by atoms with Gasteiger partial charge in [0.15, 0.2) is 0 Å². The van der Waals surface area contributed by atoms with Crippen molar-refractivity contribution in [3.63, 3.8) is 0 Å². The topological polar surface area (TPSA) is 58.6 Å². The third-order valence-corrected chi connectivity index (χ3v) is 2.78. The van der Waals surface area contributed by atoms with Gasteiger partial charge in [-0.1, -0.05) is 17.7 Å². The monoisotopic (exact) mass is 257 g/mol. The highest BCUT2D eigenvalue weighted by Crippen LogP contribution is 2.28. The van der Waals surface area contributed by atoms with Crippen LogP contribution in [0.15, 0.2) is 18.2 Å². The zero-order valence-electron chi connectivity index (χ0n) is 9.87. The number of aliphatic hydroxyl groups is 1. The molecule has 0 saturated heterocycles. The highest BCUT2D eigenvalue weighted by Gasteiger charge is 2.11. The highest BCUT2D eigenvalue weighted by molar-refractivity contribution is 6.32. The minimum absolute atomic E-state index is 0.0938. The second kappa shape index (κ2) is 6.47. The predicted molar refractivity (Wildman–Crippen MR) is 66.3 cm³/mol. The Morgan fingerprint density at radius 1 is 1.59 bits per heavy atom. The minimum Gasteiger partial charge on any atom is -0.495 e. The van der Waals surface area contributed by atoms with Crippen LogP contribution in [0.3, 0.4) is 0 Å². The van der Waals surface area contributed by atoms with Gasteiger partial charge in [0.2, 0.25) is 5.91 Å². The number of amides is 1. The maximum atomic E-state index is 11.0. The minimum atomic E-state index is -0.698. The van der Waals surface area contributed by atoms with Crippen LogP contribution >= 0.6 is 11.6 Å². The molecule has 1 atom stereocenters. The summed E-state index contributed by atoms with van der Waals surface area (Å²) in [6, 6.07) is 5.08. The van der Waals surface area contributed by atoms with Gasteiger partial charge in [-0.2, -0.15) is 0 Å². The number of benzene rings is 1. The van der Waals surface area contributed by atoms with E-state index in [0.29, 0.717) is 22.8 Å². The fourth-order valence-electron chi connectivity index (χ4n) is 1.45. The van der Waals surface area contributed by atoms with Crippen molar-refractivity contribution >= 4 is 17.5 Å². The van der Waals surface area contributed by atoms with Crippen molar-refractivity contribution in [3.8, 4) is 5.75 Å². The summed E-state index contributed by atoms with van der Waals surface area (Å²) in [7, 11) is 3.10. The molecule has 0 aliphatic heterocycles. The van der Waals surface area contributed by atoms with E-state index in [1.807, 2.05) is 0 Å². The molecule has 94 valence electrons. The van der Waals surface area contributed by atoms with Gasteiger partial charge in [-0.15, -0.1) is 0 Å². The lowest BCUT2D eigenvalue weighted by molar-refractivity contribution is -0.121. The molecule has 2 N–H and O–H groups in total. The summed E-state index contributed by atoms with van der Waals surface area (Å²) in [5.74, 6) is 0.470. The molecule has 1 amide bonds.